The molecule has 1 rings (SSSR count). The van der Waals surface area contributed by atoms with E-state index in [1.807, 2.05) is 0 Å². The molecule has 0 saturated carbocycles. The lowest BCUT2D eigenvalue weighted by Gasteiger charge is -2.40. The third-order valence-corrected chi connectivity index (χ3v) is 13.8. The van der Waals surface area contributed by atoms with E-state index in [4.69, 9.17) is 9.47 Å². The van der Waals surface area contributed by atoms with E-state index < -0.39 is 74.2 Å². The van der Waals surface area contributed by atoms with Gasteiger partial charge in [-0.25, -0.2) is 0 Å². The fraction of sp³-hybridized carbons (Fsp3) is 0.847. The maximum atomic E-state index is 13.1. The van der Waals surface area contributed by atoms with Crippen molar-refractivity contribution in [2.75, 3.05) is 13.2 Å². The molecule has 0 spiro atoms. The van der Waals surface area contributed by atoms with Gasteiger partial charge in [-0.1, -0.05) is 210 Å². The van der Waals surface area contributed by atoms with Crippen molar-refractivity contribution in [1.29, 1.82) is 0 Å². The van der Waals surface area contributed by atoms with Crippen LogP contribution in [-0.2, 0) is 14.3 Å². The van der Waals surface area contributed by atoms with Gasteiger partial charge in [-0.15, -0.1) is 0 Å². The molecule has 1 heterocycles. The third-order valence-electron chi connectivity index (χ3n) is 13.8. The molecule has 1 fully saturated rings. The van der Waals surface area contributed by atoms with Crippen molar-refractivity contribution < 1.29 is 50.0 Å². The first-order valence-electron chi connectivity index (χ1n) is 29.0. The number of hydrogen-bond acceptors (Lipinski definition) is 10. The minimum atomic E-state index is -1.68. The lowest BCUT2D eigenvalue weighted by molar-refractivity contribution is -0.303. The molecule has 9 unspecified atom stereocenters. The van der Waals surface area contributed by atoms with Gasteiger partial charge >= 0.3 is 0 Å². The summed E-state index contributed by atoms with van der Waals surface area (Å²) in [5.41, 5.74) is 0. The van der Waals surface area contributed by atoms with Crippen LogP contribution in [-0.4, -0.2) is 110 Å². The predicted octanol–water partition coefficient (Wildman–Crippen LogP) is 12.1. The van der Waals surface area contributed by atoms with Gasteiger partial charge in [0.05, 0.1) is 25.4 Å². The van der Waals surface area contributed by atoms with Crippen molar-refractivity contribution in [2.24, 2.45) is 0 Å². The summed E-state index contributed by atoms with van der Waals surface area (Å²) in [5, 5.41) is 75.9. The Labute approximate surface area is 428 Å². The van der Waals surface area contributed by atoms with Crippen LogP contribution in [0.4, 0.5) is 0 Å². The number of ether oxygens (including phenoxy) is 2. The summed E-state index contributed by atoms with van der Waals surface area (Å²) in [6.07, 6.45) is 49.1. The Balaban J connectivity index is 2.29. The van der Waals surface area contributed by atoms with Gasteiger partial charge in [0.15, 0.2) is 6.29 Å². The number of aliphatic hydroxyl groups is 7. The highest BCUT2D eigenvalue weighted by Gasteiger charge is 2.44. The van der Waals surface area contributed by atoms with E-state index >= 15 is 0 Å². The van der Waals surface area contributed by atoms with Crippen LogP contribution in [0.25, 0.3) is 0 Å². The summed E-state index contributed by atoms with van der Waals surface area (Å²) < 4.78 is 11.1. The van der Waals surface area contributed by atoms with Crippen LogP contribution in [0.5, 0.6) is 0 Å². The quantitative estimate of drug-likeness (QED) is 0.0215. The van der Waals surface area contributed by atoms with Crippen LogP contribution in [0, 0.1) is 0 Å². The monoisotopic (exact) mass is 992 g/mol. The molecule has 0 bridgehead atoms. The van der Waals surface area contributed by atoms with Gasteiger partial charge in [-0.2, -0.15) is 0 Å². The van der Waals surface area contributed by atoms with Gasteiger partial charge in [0.2, 0.25) is 5.91 Å². The van der Waals surface area contributed by atoms with Crippen molar-refractivity contribution in [1.82, 2.24) is 5.32 Å². The summed E-state index contributed by atoms with van der Waals surface area (Å²) in [4.78, 5) is 13.1. The van der Waals surface area contributed by atoms with Crippen molar-refractivity contribution in [3.63, 3.8) is 0 Å². The summed E-state index contributed by atoms with van der Waals surface area (Å²) in [6, 6.07) is -1.20. The number of hydrogen-bond donors (Lipinski definition) is 8. The molecule has 1 aliphatic rings. The zero-order valence-electron chi connectivity index (χ0n) is 44.7. The second-order valence-electron chi connectivity index (χ2n) is 20.3. The normalized spacial score (nSPS) is 20.6. The van der Waals surface area contributed by atoms with Gasteiger partial charge in [-0.3, -0.25) is 4.79 Å². The highest BCUT2D eigenvalue weighted by molar-refractivity contribution is 5.80. The van der Waals surface area contributed by atoms with Crippen LogP contribution in [0.2, 0.25) is 0 Å². The van der Waals surface area contributed by atoms with E-state index in [9.17, 15) is 40.5 Å². The first kappa shape index (κ1) is 66.1. The zero-order valence-corrected chi connectivity index (χ0v) is 44.7. The average Bonchev–Trinajstić information content (AvgIpc) is 3.36. The lowest BCUT2D eigenvalue weighted by atomic mass is 9.98. The first-order valence-corrected chi connectivity index (χ1v) is 29.0. The fourth-order valence-electron chi connectivity index (χ4n) is 9.06. The SMILES string of the molecule is CCCCCCCC/C=C\CCCCC(O)C(=O)NC(COC1OC(CO)C(O)C(O)C1O)C(O)C(O)CCC/C=C/CC/C=C/CC/C=C/CCCCCCCCCCCCCCCCCCCC. The van der Waals surface area contributed by atoms with Crippen molar-refractivity contribution in [3.8, 4) is 0 Å². The second kappa shape index (κ2) is 48.0. The van der Waals surface area contributed by atoms with E-state index in [-0.39, 0.29) is 12.8 Å². The summed E-state index contributed by atoms with van der Waals surface area (Å²) in [7, 11) is 0. The molecule has 11 nitrogen and oxygen atoms in total. The molecule has 9 atom stereocenters. The van der Waals surface area contributed by atoms with E-state index in [0.29, 0.717) is 19.3 Å². The third kappa shape index (κ3) is 36.1. The fourth-order valence-corrected chi connectivity index (χ4v) is 9.06. The van der Waals surface area contributed by atoms with Gasteiger partial charge in [-0.05, 0) is 89.9 Å². The Morgan fingerprint density at radius 2 is 0.857 bits per heavy atom. The van der Waals surface area contributed by atoms with Crippen molar-refractivity contribution >= 4 is 5.91 Å². The number of unbranched alkanes of at least 4 members (excludes halogenated alkanes) is 29. The molecule has 11 heteroatoms. The molecule has 410 valence electrons. The summed E-state index contributed by atoms with van der Waals surface area (Å²) >= 11 is 0. The van der Waals surface area contributed by atoms with Crippen LogP contribution >= 0.6 is 0 Å². The highest BCUT2D eigenvalue weighted by Crippen LogP contribution is 2.23. The van der Waals surface area contributed by atoms with Gasteiger partial charge in [0.25, 0.3) is 0 Å². The largest absolute Gasteiger partial charge is 0.394 e. The van der Waals surface area contributed by atoms with Gasteiger partial charge < -0.3 is 50.5 Å². The Bertz CT molecular complexity index is 1280. The Kier molecular flexibility index (Phi) is 45.3. The molecule has 1 saturated heterocycles. The number of aliphatic hydroxyl groups excluding tert-OH is 7. The molecule has 8 N–H and O–H groups in total. The second-order valence-corrected chi connectivity index (χ2v) is 20.3. The molecular formula is C59H109NO10. The Morgan fingerprint density at radius 1 is 0.486 bits per heavy atom. The number of carbonyl (C=O) groups is 1. The maximum Gasteiger partial charge on any atom is 0.249 e. The molecule has 0 aromatic carbocycles. The van der Waals surface area contributed by atoms with E-state index in [0.717, 1.165) is 44.9 Å². The number of nitrogens with one attached hydrogen (secondary N) is 1. The van der Waals surface area contributed by atoms with Crippen molar-refractivity contribution in [2.45, 2.75) is 306 Å². The standard InChI is InChI=1S/C59H109NO10/c1-3-5-7-9-11-13-15-17-18-19-20-21-22-23-24-25-26-27-28-29-30-31-32-33-34-35-37-38-40-42-44-46-51(62)54(64)50(49-69-59-57(67)56(66)55(65)53(48-61)70-59)60-58(68)52(63)47-45-43-41-39-36-16-14-12-10-8-6-4-2/h29-30,33-34,36,38-40,50-57,59,61-67H,3-28,31-32,35,37,41-49H2,1-2H3,(H,60,68)/b30-29+,34-33+,39-36-,40-38+. The first-order chi connectivity index (χ1) is 34.2. The average molecular weight is 993 g/mol. The lowest BCUT2D eigenvalue weighted by Crippen LogP contribution is -2.60. The van der Waals surface area contributed by atoms with E-state index in [1.54, 1.807) is 0 Å². The number of rotatable bonds is 49. The smallest absolute Gasteiger partial charge is 0.249 e. The minimum Gasteiger partial charge on any atom is -0.394 e. The molecule has 0 aromatic heterocycles. The summed E-state index contributed by atoms with van der Waals surface area (Å²) in [5.74, 6) is -0.730. The van der Waals surface area contributed by atoms with Crippen LogP contribution in [0.3, 0.4) is 0 Å². The molecule has 70 heavy (non-hydrogen) atoms. The molecule has 0 radical (unpaired) electrons. The van der Waals surface area contributed by atoms with Crippen LogP contribution < -0.4 is 5.32 Å². The Morgan fingerprint density at radius 3 is 1.27 bits per heavy atom. The molecule has 1 aliphatic heterocycles. The predicted molar refractivity (Wildman–Crippen MR) is 288 cm³/mol. The maximum absolute atomic E-state index is 13.1. The van der Waals surface area contributed by atoms with Crippen molar-refractivity contribution in [3.05, 3.63) is 48.6 Å². The van der Waals surface area contributed by atoms with Gasteiger partial charge in [0.1, 0.15) is 36.6 Å². The van der Waals surface area contributed by atoms with E-state index in [2.05, 4.69) is 67.8 Å². The molecular weight excluding hydrogens is 883 g/mol. The minimum absolute atomic E-state index is 0.217. The Hall–Kier alpha value is -1.93. The number of allylic oxidation sites excluding steroid dienone is 8. The number of amides is 1. The van der Waals surface area contributed by atoms with Crippen LogP contribution in [0.15, 0.2) is 48.6 Å². The molecule has 0 aliphatic carbocycles. The van der Waals surface area contributed by atoms with Crippen LogP contribution in [0.1, 0.15) is 251 Å². The highest BCUT2D eigenvalue weighted by atomic mass is 16.7. The van der Waals surface area contributed by atoms with Gasteiger partial charge in [0, 0.05) is 0 Å². The van der Waals surface area contributed by atoms with E-state index in [1.165, 1.54) is 161 Å². The summed E-state index contributed by atoms with van der Waals surface area (Å²) in [6.45, 7) is 3.41. The zero-order chi connectivity index (χ0) is 51.1. The molecule has 0 aromatic rings. The molecule has 1 amide bonds. The topological polar surface area (TPSA) is 189 Å². The number of carbonyl (C=O) groups excluding carboxylic acids is 1.